The van der Waals surface area contributed by atoms with Crippen LogP contribution < -0.4 is 11.1 Å². The average Bonchev–Trinajstić information content (AvgIpc) is 2.19. The van der Waals surface area contributed by atoms with Gasteiger partial charge < -0.3 is 11.1 Å². The molecule has 0 aliphatic carbocycles. The molecule has 1 aromatic carbocycles. The zero-order valence-electron chi connectivity index (χ0n) is 9.37. The van der Waals surface area contributed by atoms with Crippen LogP contribution in [0.1, 0.15) is 18.9 Å². The molecule has 1 rings (SSSR count). The first-order chi connectivity index (χ1) is 7.59. The van der Waals surface area contributed by atoms with E-state index < -0.39 is 0 Å². The molecule has 0 fully saturated rings. The van der Waals surface area contributed by atoms with Crippen molar-refractivity contribution in [1.82, 2.24) is 5.32 Å². The number of nitrogens with one attached hydrogen (secondary N) is 1. The van der Waals surface area contributed by atoms with Crippen molar-refractivity contribution in [3.05, 3.63) is 35.6 Å². The van der Waals surface area contributed by atoms with Gasteiger partial charge in [-0.15, -0.1) is 0 Å². The van der Waals surface area contributed by atoms with Crippen LogP contribution in [0.5, 0.6) is 0 Å². The second-order valence-corrected chi connectivity index (χ2v) is 3.87. The zero-order chi connectivity index (χ0) is 12.0. The molecule has 0 aliphatic rings. The van der Waals surface area contributed by atoms with Crippen molar-refractivity contribution in [1.29, 1.82) is 0 Å². The van der Waals surface area contributed by atoms with Crippen LogP contribution >= 0.6 is 0 Å². The quantitative estimate of drug-likeness (QED) is 0.790. The van der Waals surface area contributed by atoms with Crippen LogP contribution in [0, 0.1) is 5.82 Å². The first-order valence-corrected chi connectivity index (χ1v) is 5.35. The third-order valence-electron chi connectivity index (χ3n) is 2.18. The Morgan fingerprint density at radius 1 is 1.50 bits per heavy atom. The van der Waals surface area contributed by atoms with E-state index >= 15 is 0 Å². The lowest BCUT2D eigenvalue weighted by Crippen LogP contribution is -2.31. The van der Waals surface area contributed by atoms with Crippen molar-refractivity contribution in [2.75, 3.05) is 6.54 Å². The Hall–Kier alpha value is -1.42. The highest BCUT2D eigenvalue weighted by atomic mass is 19.1. The molecule has 0 aromatic heterocycles. The highest BCUT2D eigenvalue weighted by Crippen LogP contribution is 2.06. The molecule has 1 amide bonds. The Labute approximate surface area is 94.8 Å². The summed E-state index contributed by atoms with van der Waals surface area (Å²) in [7, 11) is 0. The Balaban J connectivity index is 2.31. The van der Waals surface area contributed by atoms with Crippen molar-refractivity contribution in [3.63, 3.8) is 0 Å². The molecule has 1 aromatic rings. The normalized spacial score (nSPS) is 12.2. The first kappa shape index (κ1) is 12.6. The first-order valence-electron chi connectivity index (χ1n) is 5.35. The third-order valence-corrected chi connectivity index (χ3v) is 2.18. The fourth-order valence-corrected chi connectivity index (χ4v) is 1.40. The molecular formula is C12H17FN2O. The van der Waals surface area contributed by atoms with E-state index in [1.54, 1.807) is 25.1 Å². The summed E-state index contributed by atoms with van der Waals surface area (Å²) in [5.41, 5.74) is 6.09. The summed E-state index contributed by atoms with van der Waals surface area (Å²) < 4.78 is 13.2. The van der Waals surface area contributed by atoms with Gasteiger partial charge in [-0.2, -0.15) is 0 Å². The topological polar surface area (TPSA) is 55.1 Å². The summed E-state index contributed by atoms with van der Waals surface area (Å²) in [5, 5.41) is 2.70. The molecule has 0 saturated carbocycles. The molecule has 16 heavy (non-hydrogen) atoms. The number of nitrogens with two attached hydrogens (primary N) is 1. The number of hydrogen-bond acceptors (Lipinski definition) is 2. The van der Waals surface area contributed by atoms with Gasteiger partial charge in [0, 0.05) is 19.0 Å². The van der Waals surface area contributed by atoms with Crippen LogP contribution in [0.15, 0.2) is 24.3 Å². The summed E-state index contributed by atoms with van der Waals surface area (Å²) in [6.07, 6.45) is 0.800. The monoisotopic (exact) mass is 224 g/mol. The van der Waals surface area contributed by atoms with Gasteiger partial charge in [0.25, 0.3) is 0 Å². The second kappa shape index (κ2) is 6.23. The van der Waals surface area contributed by atoms with E-state index in [4.69, 9.17) is 5.73 Å². The number of amides is 1. The van der Waals surface area contributed by atoms with E-state index in [2.05, 4.69) is 5.32 Å². The molecular weight excluding hydrogens is 207 g/mol. The fraction of sp³-hybridized carbons (Fsp3) is 0.417. The van der Waals surface area contributed by atoms with Gasteiger partial charge in [0.1, 0.15) is 5.82 Å². The van der Waals surface area contributed by atoms with Gasteiger partial charge in [-0.05, 0) is 25.0 Å². The highest BCUT2D eigenvalue weighted by Gasteiger charge is 2.05. The molecule has 0 saturated heterocycles. The van der Waals surface area contributed by atoms with Crippen molar-refractivity contribution >= 4 is 5.91 Å². The van der Waals surface area contributed by atoms with Crippen LogP contribution in [0.3, 0.4) is 0 Å². The third kappa shape index (κ3) is 4.40. The van der Waals surface area contributed by atoms with Crippen molar-refractivity contribution in [3.8, 4) is 0 Å². The van der Waals surface area contributed by atoms with Crippen molar-refractivity contribution < 1.29 is 9.18 Å². The Morgan fingerprint density at radius 2 is 2.19 bits per heavy atom. The van der Waals surface area contributed by atoms with Gasteiger partial charge in [-0.1, -0.05) is 18.2 Å². The minimum absolute atomic E-state index is 0.0914. The van der Waals surface area contributed by atoms with Crippen LogP contribution in [-0.2, 0) is 11.2 Å². The number of halogens is 1. The molecule has 0 radical (unpaired) electrons. The number of rotatable bonds is 5. The summed E-state index contributed by atoms with van der Waals surface area (Å²) >= 11 is 0. The summed E-state index contributed by atoms with van der Waals surface area (Å²) in [6.45, 7) is 2.21. The molecule has 1 atom stereocenters. The van der Waals surface area contributed by atoms with E-state index in [1.165, 1.54) is 6.07 Å². The predicted octanol–water partition coefficient (Wildman–Crippen LogP) is 1.22. The largest absolute Gasteiger partial charge is 0.356 e. The summed E-state index contributed by atoms with van der Waals surface area (Å²) in [5.74, 6) is -0.324. The molecule has 0 heterocycles. The maximum Gasteiger partial charge on any atom is 0.221 e. The Morgan fingerprint density at radius 3 is 2.81 bits per heavy atom. The van der Waals surface area contributed by atoms with Gasteiger partial charge in [0.2, 0.25) is 5.91 Å². The van der Waals surface area contributed by atoms with Gasteiger partial charge in [-0.3, -0.25) is 4.79 Å². The fourth-order valence-electron chi connectivity index (χ4n) is 1.40. The maximum absolute atomic E-state index is 13.2. The van der Waals surface area contributed by atoms with E-state index in [0.29, 0.717) is 24.9 Å². The van der Waals surface area contributed by atoms with E-state index in [-0.39, 0.29) is 17.8 Å². The number of hydrogen-bond donors (Lipinski definition) is 2. The summed E-state index contributed by atoms with van der Waals surface area (Å²) in [6, 6.07) is 6.41. The zero-order valence-corrected chi connectivity index (χ0v) is 9.37. The molecule has 3 N–H and O–H groups in total. The lowest BCUT2D eigenvalue weighted by Gasteiger charge is -2.07. The number of carbonyl (C=O) groups is 1. The van der Waals surface area contributed by atoms with Gasteiger partial charge in [-0.25, -0.2) is 4.39 Å². The SMILES string of the molecule is CC(N)CC(=O)NCCc1ccccc1F. The lowest BCUT2D eigenvalue weighted by molar-refractivity contribution is -0.121. The molecule has 88 valence electrons. The van der Waals surface area contributed by atoms with Gasteiger partial charge >= 0.3 is 0 Å². The van der Waals surface area contributed by atoms with Crippen LogP contribution in [0.2, 0.25) is 0 Å². The molecule has 0 bridgehead atoms. The molecule has 1 unspecified atom stereocenters. The van der Waals surface area contributed by atoms with Crippen molar-refractivity contribution in [2.45, 2.75) is 25.8 Å². The molecule has 0 aliphatic heterocycles. The Kier molecular flexibility index (Phi) is 4.92. The van der Waals surface area contributed by atoms with Crippen LogP contribution in [0.25, 0.3) is 0 Å². The molecule has 3 nitrogen and oxygen atoms in total. The van der Waals surface area contributed by atoms with E-state index in [0.717, 1.165) is 0 Å². The lowest BCUT2D eigenvalue weighted by atomic mass is 10.1. The standard InChI is InChI=1S/C12H17FN2O/c1-9(14)8-12(16)15-7-6-10-4-2-3-5-11(10)13/h2-5,9H,6-8,14H2,1H3,(H,15,16). The van der Waals surface area contributed by atoms with E-state index in [1.807, 2.05) is 0 Å². The Bertz CT molecular complexity index is 353. The average molecular weight is 224 g/mol. The minimum Gasteiger partial charge on any atom is -0.356 e. The van der Waals surface area contributed by atoms with Crippen molar-refractivity contribution in [2.24, 2.45) is 5.73 Å². The maximum atomic E-state index is 13.2. The minimum atomic E-state index is -0.232. The van der Waals surface area contributed by atoms with E-state index in [9.17, 15) is 9.18 Å². The second-order valence-electron chi connectivity index (χ2n) is 3.87. The number of benzene rings is 1. The molecule has 4 heteroatoms. The van der Waals surface area contributed by atoms with Crippen LogP contribution in [0.4, 0.5) is 4.39 Å². The smallest absolute Gasteiger partial charge is 0.221 e. The molecule has 0 spiro atoms. The van der Waals surface area contributed by atoms with Gasteiger partial charge in [0.15, 0.2) is 0 Å². The highest BCUT2D eigenvalue weighted by molar-refractivity contribution is 5.76. The predicted molar refractivity (Wildman–Crippen MR) is 61.4 cm³/mol. The number of carbonyl (C=O) groups excluding carboxylic acids is 1. The summed E-state index contributed by atoms with van der Waals surface area (Å²) in [4.78, 5) is 11.2. The van der Waals surface area contributed by atoms with Crippen LogP contribution in [-0.4, -0.2) is 18.5 Å². The van der Waals surface area contributed by atoms with Gasteiger partial charge in [0.05, 0.1) is 0 Å².